The number of benzene rings is 2. The molecule has 0 radical (unpaired) electrons. The van der Waals surface area contributed by atoms with E-state index in [-0.39, 0.29) is 11.9 Å². The van der Waals surface area contributed by atoms with E-state index in [9.17, 15) is 4.79 Å². The van der Waals surface area contributed by atoms with Crippen molar-refractivity contribution in [2.75, 3.05) is 7.11 Å². The van der Waals surface area contributed by atoms with E-state index in [0.717, 1.165) is 22.6 Å². The van der Waals surface area contributed by atoms with Gasteiger partial charge in [-0.3, -0.25) is 4.79 Å². The second-order valence-corrected chi connectivity index (χ2v) is 5.77. The minimum atomic E-state index is -0.0843. The molecule has 1 amide bonds. The van der Waals surface area contributed by atoms with Crippen LogP contribution in [-0.2, 0) is 4.79 Å². The zero-order valence-corrected chi connectivity index (χ0v) is 13.6. The molecular weight excluding hydrogens is 288 g/mol. The summed E-state index contributed by atoms with van der Waals surface area (Å²) in [5, 5.41) is 6.13. The van der Waals surface area contributed by atoms with Crippen LogP contribution in [0.15, 0.2) is 53.6 Å². The Morgan fingerprint density at radius 3 is 2.61 bits per heavy atom. The Balaban J connectivity index is 1.93. The van der Waals surface area contributed by atoms with Gasteiger partial charge in [-0.15, -0.1) is 0 Å². The minimum absolute atomic E-state index is 0.0556. The highest BCUT2D eigenvalue weighted by Gasteiger charge is 2.31. The van der Waals surface area contributed by atoms with Gasteiger partial charge in [0.25, 0.3) is 0 Å². The number of nitrogens with zero attached hydrogens (tertiary/aromatic N) is 2. The Labute approximate surface area is 136 Å². The van der Waals surface area contributed by atoms with Crippen LogP contribution in [-0.4, -0.2) is 23.7 Å². The SMILES string of the molecule is COc1cccc([C@@H]2CC(c3ccc(C)cc3)=NN2C(C)=O)c1. The van der Waals surface area contributed by atoms with Gasteiger partial charge in [0, 0.05) is 13.3 Å². The molecule has 0 bridgehead atoms. The molecular formula is C19H20N2O2. The van der Waals surface area contributed by atoms with E-state index < -0.39 is 0 Å². The summed E-state index contributed by atoms with van der Waals surface area (Å²) in [6, 6.07) is 16.0. The molecule has 0 aliphatic carbocycles. The van der Waals surface area contributed by atoms with Crippen LogP contribution in [0.1, 0.15) is 36.1 Å². The third kappa shape index (κ3) is 3.11. The first-order valence-corrected chi connectivity index (χ1v) is 7.67. The lowest BCUT2D eigenvalue weighted by atomic mass is 9.98. The lowest BCUT2D eigenvalue weighted by molar-refractivity contribution is -0.130. The van der Waals surface area contributed by atoms with E-state index in [2.05, 4.69) is 36.3 Å². The minimum Gasteiger partial charge on any atom is -0.497 e. The number of hydrogen-bond acceptors (Lipinski definition) is 3. The van der Waals surface area contributed by atoms with Crippen molar-refractivity contribution in [3.63, 3.8) is 0 Å². The number of methoxy groups -OCH3 is 1. The number of hydrazone groups is 1. The zero-order valence-electron chi connectivity index (χ0n) is 13.6. The molecule has 2 aromatic carbocycles. The average Bonchev–Trinajstić information content (AvgIpc) is 3.01. The first kappa shape index (κ1) is 15.3. The maximum atomic E-state index is 12.0. The monoisotopic (exact) mass is 308 g/mol. The van der Waals surface area contributed by atoms with Gasteiger partial charge in [-0.25, -0.2) is 5.01 Å². The van der Waals surface area contributed by atoms with Gasteiger partial charge in [-0.05, 0) is 30.2 Å². The number of carbonyl (C=O) groups excluding carboxylic acids is 1. The van der Waals surface area contributed by atoms with Crippen LogP contribution in [0.4, 0.5) is 0 Å². The van der Waals surface area contributed by atoms with E-state index in [0.29, 0.717) is 6.42 Å². The van der Waals surface area contributed by atoms with E-state index in [1.807, 2.05) is 24.3 Å². The Bertz CT molecular complexity index is 750. The molecule has 0 unspecified atom stereocenters. The molecule has 0 saturated heterocycles. The maximum absolute atomic E-state index is 12.0. The molecule has 0 saturated carbocycles. The number of carbonyl (C=O) groups is 1. The number of aryl methyl sites for hydroxylation is 1. The quantitative estimate of drug-likeness (QED) is 0.867. The Hall–Kier alpha value is -2.62. The summed E-state index contributed by atoms with van der Waals surface area (Å²) in [5.41, 5.74) is 4.24. The molecule has 4 heteroatoms. The Morgan fingerprint density at radius 2 is 1.96 bits per heavy atom. The van der Waals surface area contributed by atoms with Crippen molar-refractivity contribution < 1.29 is 9.53 Å². The molecule has 1 aliphatic rings. The summed E-state index contributed by atoms with van der Waals surface area (Å²) >= 11 is 0. The molecule has 2 aromatic rings. The molecule has 118 valence electrons. The Kier molecular flexibility index (Phi) is 4.15. The predicted molar refractivity (Wildman–Crippen MR) is 90.6 cm³/mol. The van der Waals surface area contributed by atoms with Gasteiger partial charge >= 0.3 is 0 Å². The summed E-state index contributed by atoms with van der Waals surface area (Å²) in [6.07, 6.45) is 0.704. The second-order valence-electron chi connectivity index (χ2n) is 5.77. The highest BCUT2D eigenvalue weighted by atomic mass is 16.5. The third-order valence-corrected chi connectivity index (χ3v) is 4.10. The normalized spacial score (nSPS) is 17.1. The predicted octanol–water partition coefficient (Wildman–Crippen LogP) is 3.70. The zero-order chi connectivity index (χ0) is 16.4. The first-order valence-electron chi connectivity index (χ1n) is 7.67. The highest BCUT2D eigenvalue weighted by molar-refractivity contribution is 6.03. The fourth-order valence-corrected chi connectivity index (χ4v) is 2.83. The molecule has 0 N–H and O–H groups in total. The maximum Gasteiger partial charge on any atom is 0.240 e. The second kappa shape index (κ2) is 6.24. The molecule has 0 fully saturated rings. The fraction of sp³-hybridized carbons (Fsp3) is 0.263. The Morgan fingerprint density at radius 1 is 1.22 bits per heavy atom. The van der Waals surface area contributed by atoms with Crippen LogP contribution in [0.3, 0.4) is 0 Å². The lowest BCUT2D eigenvalue weighted by Crippen LogP contribution is -2.24. The van der Waals surface area contributed by atoms with Crippen molar-refractivity contribution in [1.82, 2.24) is 5.01 Å². The first-order chi connectivity index (χ1) is 11.1. The van der Waals surface area contributed by atoms with E-state index in [4.69, 9.17) is 4.74 Å². The van der Waals surface area contributed by atoms with Crippen LogP contribution in [0.2, 0.25) is 0 Å². The van der Waals surface area contributed by atoms with Gasteiger partial charge < -0.3 is 4.74 Å². The van der Waals surface area contributed by atoms with Gasteiger partial charge in [0.15, 0.2) is 0 Å². The van der Waals surface area contributed by atoms with Crippen molar-refractivity contribution in [2.24, 2.45) is 5.10 Å². The average molecular weight is 308 g/mol. The molecule has 23 heavy (non-hydrogen) atoms. The van der Waals surface area contributed by atoms with Gasteiger partial charge in [-0.1, -0.05) is 42.0 Å². The molecule has 4 nitrogen and oxygen atoms in total. The van der Waals surface area contributed by atoms with E-state index in [1.165, 1.54) is 5.56 Å². The topological polar surface area (TPSA) is 41.9 Å². The third-order valence-electron chi connectivity index (χ3n) is 4.10. The summed E-state index contributed by atoms with van der Waals surface area (Å²) < 4.78 is 5.29. The molecule has 1 atom stereocenters. The largest absolute Gasteiger partial charge is 0.497 e. The van der Waals surface area contributed by atoms with Crippen LogP contribution in [0, 0.1) is 6.92 Å². The van der Waals surface area contributed by atoms with Crippen LogP contribution in [0.25, 0.3) is 0 Å². The molecule has 0 aromatic heterocycles. The fourth-order valence-electron chi connectivity index (χ4n) is 2.83. The number of hydrogen-bond donors (Lipinski definition) is 0. The van der Waals surface area contributed by atoms with Gasteiger partial charge in [0.1, 0.15) is 5.75 Å². The van der Waals surface area contributed by atoms with Crippen LogP contribution >= 0.6 is 0 Å². The van der Waals surface area contributed by atoms with Crippen LogP contribution < -0.4 is 4.74 Å². The van der Waals surface area contributed by atoms with Crippen molar-refractivity contribution in [2.45, 2.75) is 26.3 Å². The molecule has 3 rings (SSSR count). The summed E-state index contributed by atoms with van der Waals surface area (Å²) in [7, 11) is 1.64. The molecule has 1 heterocycles. The summed E-state index contributed by atoms with van der Waals surface area (Å²) in [4.78, 5) is 12.0. The standard InChI is InChI=1S/C19H20N2O2/c1-13-7-9-15(10-8-13)18-12-19(21(20-18)14(2)22)16-5-4-6-17(11-16)23-3/h4-11,19H,12H2,1-3H3/t19-/m0/s1. The number of amides is 1. The highest BCUT2D eigenvalue weighted by Crippen LogP contribution is 2.34. The summed E-state index contributed by atoms with van der Waals surface area (Å²) in [6.45, 7) is 3.61. The van der Waals surface area contributed by atoms with E-state index in [1.54, 1.807) is 19.0 Å². The number of ether oxygens (including phenoxy) is 1. The number of rotatable bonds is 3. The van der Waals surface area contributed by atoms with Gasteiger partial charge in [0.2, 0.25) is 5.91 Å². The van der Waals surface area contributed by atoms with Gasteiger partial charge in [0.05, 0.1) is 18.9 Å². The summed E-state index contributed by atoms with van der Waals surface area (Å²) in [5.74, 6) is 0.731. The van der Waals surface area contributed by atoms with Crippen molar-refractivity contribution in [1.29, 1.82) is 0 Å². The van der Waals surface area contributed by atoms with Crippen molar-refractivity contribution in [3.8, 4) is 5.75 Å². The smallest absolute Gasteiger partial charge is 0.240 e. The van der Waals surface area contributed by atoms with Crippen molar-refractivity contribution in [3.05, 3.63) is 65.2 Å². The molecule has 1 aliphatic heterocycles. The van der Waals surface area contributed by atoms with Crippen molar-refractivity contribution >= 4 is 11.6 Å². The lowest BCUT2D eigenvalue weighted by Gasteiger charge is -2.20. The van der Waals surface area contributed by atoms with E-state index >= 15 is 0 Å². The van der Waals surface area contributed by atoms with Crippen LogP contribution in [0.5, 0.6) is 5.75 Å². The molecule has 0 spiro atoms. The van der Waals surface area contributed by atoms with Gasteiger partial charge in [-0.2, -0.15) is 5.10 Å².